The third-order valence-electron chi connectivity index (χ3n) is 2.39. The van der Waals surface area contributed by atoms with Crippen molar-refractivity contribution in [3.05, 3.63) is 46.7 Å². The first-order valence-electron chi connectivity index (χ1n) is 6.03. The lowest BCUT2D eigenvalue weighted by Gasteiger charge is -2.09. The molecule has 0 saturated heterocycles. The Kier molecular flexibility index (Phi) is 4.74. The van der Waals surface area contributed by atoms with E-state index in [4.69, 9.17) is 4.74 Å². The Morgan fingerprint density at radius 1 is 1.32 bits per heavy atom. The van der Waals surface area contributed by atoms with Crippen molar-refractivity contribution < 1.29 is 9.13 Å². The van der Waals surface area contributed by atoms with E-state index in [0.717, 1.165) is 18.8 Å². The number of halogens is 2. The van der Waals surface area contributed by atoms with Gasteiger partial charge in [-0.2, -0.15) is 4.98 Å². The Hall–Kier alpha value is -1.62. The van der Waals surface area contributed by atoms with Gasteiger partial charge in [0.2, 0.25) is 5.88 Å². The topological polar surface area (TPSA) is 34.1 Å². The van der Waals surface area contributed by atoms with Gasteiger partial charge < -0.3 is 10.1 Å². The molecule has 2 aromatic rings. The highest BCUT2D eigenvalue weighted by Crippen LogP contribution is 2.29. The van der Waals surface area contributed by atoms with E-state index in [0.29, 0.717) is 16.1 Å². The number of anilines is 1. The van der Waals surface area contributed by atoms with Crippen molar-refractivity contribution in [3.8, 4) is 11.6 Å². The van der Waals surface area contributed by atoms with E-state index in [1.54, 1.807) is 12.1 Å². The molecule has 100 valence electrons. The van der Waals surface area contributed by atoms with Gasteiger partial charge in [0.25, 0.3) is 0 Å². The number of rotatable bonds is 5. The van der Waals surface area contributed by atoms with Gasteiger partial charge in [-0.3, -0.25) is 0 Å². The second-order valence-corrected chi connectivity index (χ2v) is 4.82. The lowest BCUT2D eigenvalue weighted by molar-refractivity contribution is 0.459. The minimum Gasteiger partial charge on any atom is -0.438 e. The van der Waals surface area contributed by atoms with Crippen LogP contribution in [-0.4, -0.2) is 11.5 Å². The molecule has 1 aromatic heterocycles. The summed E-state index contributed by atoms with van der Waals surface area (Å²) in [6.45, 7) is 2.94. The maximum atomic E-state index is 13.0. The Bertz CT molecular complexity index is 563. The first-order valence-corrected chi connectivity index (χ1v) is 6.82. The summed E-state index contributed by atoms with van der Waals surface area (Å²) in [6.07, 6.45) is 1.02. The van der Waals surface area contributed by atoms with Crippen molar-refractivity contribution in [2.24, 2.45) is 0 Å². The van der Waals surface area contributed by atoms with Gasteiger partial charge in [-0.15, -0.1) is 0 Å². The van der Waals surface area contributed by atoms with Crippen molar-refractivity contribution in [1.82, 2.24) is 4.98 Å². The van der Waals surface area contributed by atoms with E-state index < -0.39 is 0 Å². The number of nitrogens with one attached hydrogen (secondary N) is 1. The zero-order valence-corrected chi connectivity index (χ0v) is 12.1. The number of nitrogens with zero attached hydrogens (tertiary/aromatic N) is 1. The van der Waals surface area contributed by atoms with Gasteiger partial charge in [0.05, 0.1) is 4.47 Å². The SMILES string of the molecule is CCCNc1cccc(Oc2ccc(F)cc2Br)n1. The van der Waals surface area contributed by atoms with Gasteiger partial charge in [-0.05, 0) is 46.6 Å². The molecule has 0 aliphatic rings. The maximum absolute atomic E-state index is 13.0. The molecule has 5 heteroatoms. The molecule has 3 nitrogen and oxygen atoms in total. The van der Waals surface area contributed by atoms with Crippen LogP contribution >= 0.6 is 15.9 Å². The second-order valence-electron chi connectivity index (χ2n) is 3.96. The highest BCUT2D eigenvalue weighted by Gasteiger charge is 2.05. The minimum absolute atomic E-state index is 0.314. The molecule has 2 rings (SSSR count). The maximum Gasteiger partial charge on any atom is 0.221 e. The molecule has 0 radical (unpaired) electrons. The number of hydrogen-bond donors (Lipinski definition) is 1. The Balaban J connectivity index is 2.14. The fraction of sp³-hybridized carbons (Fsp3) is 0.214. The van der Waals surface area contributed by atoms with E-state index in [9.17, 15) is 4.39 Å². The van der Waals surface area contributed by atoms with Crippen molar-refractivity contribution in [2.75, 3.05) is 11.9 Å². The fourth-order valence-electron chi connectivity index (χ4n) is 1.49. The molecule has 1 heterocycles. The number of benzene rings is 1. The van der Waals surface area contributed by atoms with Crippen LogP contribution in [0.4, 0.5) is 10.2 Å². The van der Waals surface area contributed by atoms with E-state index in [-0.39, 0.29) is 5.82 Å². The predicted octanol–water partition coefficient (Wildman–Crippen LogP) is 4.60. The van der Waals surface area contributed by atoms with Gasteiger partial charge in [0.1, 0.15) is 17.4 Å². The molecule has 0 amide bonds. The van der Waals surface area contributed by atoms with Crippen LogP contribution in [0, 0.1) is 5.82 Å². The average molecular weight is 325 g/mol. The van der Waals surface area contributed by atoms with Crippen molar-refractivity contribution in [1.29, 1.82) is 0 Å². The number of aromatic nitrogens is 1. The van der Waals surface area contributed by atoms with Gasteiger partial charge in [0.15, 0.2) is 0 Å². The molecule has 0 unspecified atom stereocenters. The standard InChI is InChI=1S/C14H14BrFN2O/c1-2-8-17-13-4-3-5-14(18-13)19-12-7-6-10(16)9-11(12)15/h3-7,9H,2,8H2,1H3,(H,17,18). The Morgan fingerprint density at radius 3 is 2.89 bits per heavy atom. The lowest BCUT2D eigenvalue weighted by Crippen LogP contribution is -2.02. The number of pyridine rings is 1. The van der Waals surface area contributed by atoms with Crippen LogP contribution in [0.1, 0.15) is 13.3 Å². The molecule has 0 bridgehead atoms. The molecule has 1 aromatic carbocycles. The quantitative estimate of drug-likeness (QED) is 0.872. The zero-order valence-electron chi connectivity index (χ0n) is 10.5. The fourth-order valence-corrected chi connectivity index (χ4v) is 1.93. The summed E-state index contributed by atoms with van der Waals surface area (Å²) in [5, 5.41) is 3.18. The number of hydrogen-bond acceptors (Lipinski definition) is 3. The molecular formula is C14H14BrFN2O. The smallest absolute Gasteiger partial charge is 0.221 e. The third-order valence-corrected chi connectivity index (χ3v) is 3.01. The lowest BCUT2D eigenvalue weighted by atomic mass is 10.3. The van der Waals surface area contributed by atoms with Crippen LogP contribution in [-0.2, 0) is 0 Å². The number of ether oxygens (including phenoxy) is 1. The Labute approximate surface area is 119 Å². The highest BCUT2D eigenvalue weighted by molar-refractivity contribution is 9.10. The normalized spacial score (nSPS) is 10.3. The van der Waals surface area contributed by atoms with Gasteiger partial charge in [-0.25, -0.2) is 4.39 Å². The molecule has 0 atom stereocenters. The van der Waals surface area contributed by atoms with Crippen molar-refractivity contribution in [3.63, 3.8) is 0 Å². The Morgan fingerprint density at radius 2 is 2.16 bits per heavy atom. The van der Waals surface area contributed by atoms with Crippen LogP contribution in [0.25, 0.3) is 0 Å². The van der Waals surface area contributed by atoms with Crippen molar-refractivity contribution >= 4 is 21.7 Å². The summed E-state index contributed by atoms with van der Waals surface area (Å²) in [5.74, 6) is 1.44. The van der Waals surface area contributed by atoms with Crippen molar-refractivity contribution in [2.45, 2.75) is 13.3 Å². The summed E-state index contributed by atoms with van der Waals surface area (Å²) in [7, 11) is 0. The molecule has 1 N–H and O–H groups in total. The van der Waals surface area contributed by atoms with E-state index in [1.165, 1.54) is 12.1 Å². The van der Waals surface area contributed by atoms with Gasteiger partial charge in [0, 0.05) is 12.6 Å². The zero-order chi connectivity index (χ0) is 13.7. The summed E-state index contributed by atoms with van der Waals surface area (Å²) in [5.41, 5.74) is 0. The minimum atomic E-state index is -0.314. The molecular weight excluding hydrogens is 311 g/mol. The molecule has 0 fully saturated rings. The van der Waals surface area contributed by atoms with Crippen LogP contribution < -0.4 is 10.1 Å². The van der Waals surface area contributed by atoms with Gasteiger partial charge >= 0.3 is 0 Å². The van der Waals surface area contributed by atoms with Crippen LogP contribution in [0.2, 0.25) is 0 Å². The molecule has 0 saturated carbocycles. The predicted molar refractivity (Wildman–Crippen MR) is 77.2 cm³/mol. The second kappa shape index (κ2) is 6.52. The van der Waals surface area contributed by atoms with E-state index in [2.05, 4.69) is 33.2 Å². The van der Waals surface area contributed by atoms with Crippen LogP contribution in [0.5, 0.6) is 11.6 Å². The van der Waals surface area contributed by atoms with Crippen LogP contribution in [0.15, 0.2) is 40.9 Å². The molecule has 0 aliphatic heterocycles. The van der Waals surface area contributed by atoms with Crippen LogP contribution in [0.3, 0.4) is 0 Å². The first-order chi connectivity index (χ1) is 9.19. The van der Waals surface area contributed by atoms with Gasteiger partial charge in [-0.1, -0.05) is 13.0 Å². The summed E-state index contributed by atoms with van der Waals surface area (Å²) in [6, 6.07) is 9.76. The molecule has 0 spiro atoms. The third kappa shape index (κ3) is 3.92. The first kappa shape index (κ1) is 13.8. The highest BCUT2D eigenvalue weighted by atomic mass is 79.9. The largest absolute Gasteiger partial charge is 0.438 e. The van der Waals surface area contributed by atoms with E-state index in [1.807, 2.05) is 12.1 Å². The summed E-state index contributed by atoms with van der Waals surface area (Å²) in [4.78, 5) is 4.32. The average Bonchev–Trinajstić information content (AvgIpc) is 2.40. The summed E-state index contributed by atoms with van der Waals surface area (Å²) < 4.78 is 19.2. The summed E-state index contributed by atoms with van der Waals surface area (Å²) >= 11 is 3.26. The van der Waals surface area contributed by atoms with E-state index >= 15 is 0 Å². The monoisotopic (exact) mass is 324 g/mol. The molecule has 0 aliphatic carbocycles. The molecule has 19 heavy (non-hydrogen) atoms.